The number of oxazole rings is 1. The highest BCUT2D eigenvalue weighted by molar-refractivity contribution is 5.79. The minimum atomic E-state index is -0.486. The van der Waals surface area contributed by atoms with Gasteiger partial charge in [0.2, 0.25) is 5.89 Å². The number of carbonyl (C=O) groups excluding carboxylic acids is 1. The third kappa shape index (κ3) is 9.86. The Morgan fingerprint density at radius 3 is 2.37 bits per heavy atom. The molecule has 0 saturated carbocycles. The van der Waals surface area contributed by atoms with Crippen molar-refractivity contribution in [3.8, 4) is 0 Å². The van der Waals surface area contributed by atoms with E-state index >= 15 is 0 Å². The SMILES string of the molecule is CCNC(=NCc1ncc(C(C)(C)C)o1)NCCCNC(=O)OC(C)(C)C. The number of ether oxygens (including phenoxy) is 1. The van der Waals surface area contributed by atoms with E-state index in [0.717, 1.165) is 18.7 Å². The van der Waals surface area contributed by atoms with Crippen molar-refractivity contribution in [3.05, 3.63) is 17.8 Å². The summed E-state index contributed by atoms with van der Waals surface area (Å²) in [5.74, 6) is 2.12. The van der Waals surface area contributed by atoms with Crippen LogP contribution in [-0.2, 0) is 16.7 Å². The number of hydrogen-bond acceptors (Lipinski definition) is 5. The third-order valence-electron chi connectivity index (χ3n) is 3.32. The van der Waals surface area contributed by atoms with E-state index in [1.54, 1.807) is 6.20 Å². The van der Waals surface area contributed by atoms with E-state index in [2.05, 4.69) is 46.7 Å². The Morgan fingerprint density at radius 1 is 1.15 bits per heavy atom. The molecule has 0 aliphatic rings. The van der Waals surface area contributed by atoms with Crippen LogP contribution in [0.1, 0.15) is 66.5 Å². The van der Waals surface area contributed by atoms with Gasteiger partial charge in [-0.25, -0.2) is 14.8 Å². The highest BCUT2D eigenvalue weighted by atomic mass is 16.6. The fourth-order valence-electron chi connectivity index (χ4n) is 2.02. The van der Waals surface area contributed by atoms with Gasteiger partial charge in [0.05, 0.1) is 6.20 Å². The summed E-state index contributed by atoms with van der Waals surface area (Å²) in [7, 11) is 0. The van der Waals surface area contributed by atoms with Gasteiger partial charge in [0.1, 0.15) is 17.9 Å². The van der Waals surface area contributed by atoms with Crippen molar-refractivity contribution in [1.82, 2.24) is 20.9 Å². The number of alkyl carbamates (subject to hydrolysis) is 1. The number of rotatable bonds is 7. The Balaban J connectivity index is 2.39. The van der Waals surface area contributed by atoms with Crippen molar-refractivity contribution < 1.29 is 13.9 Å². The van der Waals surface area contributed by atoms with Crippen molar-refractivity contribution in [2.24, 2.45) is 4.99 Å². The lowest BCUT2D eigenvalue weighted by atomic mass is 9.94. The lowest BCUT2D eigenvalue weighted by Gasteiger charge is -2.19. The summed E-state index contributed by atoms with van der Waals surface area (Å²) in [6, 6.07) is 0. The van der Waals surface area contributed by atoms with Gasteiger partial charge < -0.3 is 25.1 Å². The second-order valence-electron chi connectivity index (χ2n) is 8.27. The number of nitrogens with one attached hydrogen (secondary N) is 3. The first-order valence-corrected chi connectivity index (χ1v) is 9.45. The molecule has 27 heavy (non-hydrogen) atoms. The van der Waals surface area contributed by atoms with Gasteiger partial charge in [-0.2, -0.15) is 0 Å². The predicted molar refractivity (Wildman–Crippen MR) is 107 cm³/mol. The molecule has 154 valence electrons. The number of aromatic nitrogens is 1. The molecule has 0 unspecified atom stereocenters. The summed E-state index contributed by atoms with van der Waals surface area (Å²) in [4.78, 5) is 20.4. The molecule has 8 heteroatoms. The standard InChI is InChI=1S/C19H35N5O3/c1-8-20-16(21-10-9-11-22-17(25)27-19(5,6)7)24-13-15-23-12-14(26-15)18(2,3)4/h12H,8-11,13H2,1-7H3,(H,22,25)(H2,20,21,24). The molecule has 0 atom stereocenters. The number of aliphatic imine (C=N–C) groups is 1. The minimum absolute atomic E-state index is 0.0706. The van der Waals surface area contributed by atoms with E-state index in [0.29, 0.717) is 31.5 Å². The van der Waals surface area contributed by atoms with E-state index in [1.165, 1.54) is 0 Å². The first kappa shape index (κ1) is 22.8. The molecule has 0 aromatic carbocycles. The Hall–Kier alpha value is -2.25. The zero-order valence-corrected chi connectivity index (χ0v) is 17.7. The fraction of sp³-hybridized carbons (Fsp3) is 0.737. The molecule has 0 spiro atoms. The first-order valence-electron chi connectivity index (χ1n) is 9.45. The van der Waals surface area contributed by atoms with Gasteiger partial charge in [-0.05, 0) is 34.1 Å². The summed E-state index contributed by atoms with van der Waals surface area (Å²) in [6.07, 6.45) is 2.10. The number of amides is 1. The number of guanidine groups is 1. The number of nitrogens with zero attached hydrogens (tertiary/aromatic N) is 2. The Kier molecular flexibility index (Phi) is 8.59. The molecule has 3 N–H and O–H groups in total. The average Bonchev–Trinajstić information content (AvgIpc) is 2.99. The molecule has 1 aromatic rings. The van der Waals surface area contributed by atoms with Gasteiger partial charge in [0.25, 0.3) is 0 Å². The third-order valence-corrected chi connectivity index (χ3v) is 3.32. The van der Waals surface area contributed by atoms with Gasteiger partial charge in [0, 0.05) is 25.0 Å². The average molecular weight is 382 g/mol. The normalized spacial score (nSPS) is 12.6. The Morgan fingerprint density at radius 2 is 1.81 bits per heavy atom. The van der Waals surface area contributed by atoms with Crippen LogP contribution >= 0.6 is 0 Å². The van der Waals surface area contributed by atoms with Crippen LogP contribution in [0.25, 0.3) is 0 Å². The van der Waals surface area contributed by atoms with E-state index in [1.807, 2.05) is 27.7 Å². The van der Waals surface area contributed by atoms with Crippen LogP contribution in [0.15, 0.2) is 15.6 Å². The van der Waals surface area contributed by atoms with Crippen molar-refractivity contribution in [2.75, 3.05) is 19.6 Å². The van der Waals surface area contributed by atoms with Gasteiger partial charge in [-0.15, -0.1) is 0 Å². The summed E-state index contributed by atoms with van der Waals surface area (Å²) in [5, 5.41) is 9.14. The number of carbonyl (C=O) groups is 1. The maximum atomic E-state index is 11.6. The molecule has 1 amide bonds. The van der Waals surface area contributed by atoms with E-state index in [4.69, 9.17) is 9.15 Å². The molecule has 0 aliphatic carbocycles. The summed E-state index contributed by atoms with van der Waals surface area (Å²) in [5.41, 5.74) is -0.557. The van der Waals surface area contributed by atoms with Crippen LogP contribution in [0.4, 0.5) is 4.79 Å². The zero-order chi connectivity index (χ0) is 20.5. The molecule has 1 heterocycles. The van der Waals surface area contributed by atoms with E-state index < -0.39 is 11.7 Å². The second-order valence-corrected chi connectivity index (χ2v) is 8.27. The lowest BCUT2D eigenvalue weighted by Crippen LogP contribution is -2.39. The molecule has 1 aromatic heterocycles. The van der Waals surface area contributed by atoms with Crippen LogP contribution in [0.2, 0.25) is 0 Å². The molecular weight excluding hydrogens is 346 g/mol. The largest absolute Gasteiger partial charge is 0.444 e. The van der Waals surface area contributed by atoms with E-state index in [9.17, 15) is 4.79 Å². The van der Waals surface area contributed by atoms with Crippen molar-refractivity contribution in [3.63, 3.8) is 0 Å². The van der Waals surface area contributed by atoms with Crippen LogP contribution in [0, 0.1) is 0 Å². The molecule has 8 nitrogen and oxygen atoms in total. The van der Waals surface area contributed by atoms with Gasteiger partial charge >= 0.3 is 6.09 Å². The maximum Gasteiger partial charge on any atom is 0.407 e. The molecule has 0 saturated heterocycles. The lowest BCUT2D eigenvalue weighted by molar-refractivity contribution is 0.0527. The Labute approximate surface area is 162 Å². The molecule has 0 radical (unpaired) electrons. The monoisotopic (exact) mass is 381 g/mol. The summed E-state index contributed by atoms with van der Waals surface area (Å²) >= 11 is 0. The maximum absolute atomic E-state index is 11.6. The smallest absolute Gasteiger partial charge is 0.407 e. The van der Waals surface area contributed by atoms with E-state index in [-0.39, 0.29) is 5.41 Å². The number of hydrogen-bond donors (Lipinski definition) is 3. The van der Waals surface area contributed by atoms with Crippen molar-refractivity contribution in [2.45, 2.75) is 72.4 Å². The van der Waals surface area contributed by atoms with Crippen LogP contribution in [-0.4, -0.2) is 42.3 Å². The van der Waals surface area contributed by atoms with Crippen LogP contribution < -0.4 is 16.0 Å². The molecule has 0 fully saturated rings. The Bertz CT molecular complexity index is 612. The summed E-state index contributed by atoms with van der Waals surface area (Å²) < 4.78 is 10.9. The quantitative estimate of drug-likeness (QED) is 0.381. The summed E-state index contributed by atoms with van der Waals surface area (Å²) in [6.45, 7) is 16.1. The van der Waals surface area contributed by atoms with Crippen molar-refractivity contribution in [1.29, 1.82) is 0 Å². The van der Waals surface area contributed by atoms with Crippen LogP contribution in [0.3, 0.4) is 0 Å². The minimum Gasteiger partial charge on any atom is -0.444 e. The fourth-order valence-corrected chi connectivity index (χ4v) is 2.02. The molecule has 1 rings (SSSR count). The highest BCUT2D eigenvalue weighted by Gasteiger charge is 2.19. The van der Waals surface area contributed by atoms with Crippen LogP contribution in [0.5, 0.6) is 0 Å². The van der Waals surface area contributed by atoms with Gasteiger partial charge in [0.15, 0.2) is 5.96 Å². The zero-order valence-electron chi connectivity index (χ0n) is 17.7. The molecule has 0 aliphatic heterocycles. The highest BCUT2D eigenvalue weighted by Crippen LogP contribution is 2.22. The predicted octanol–water partition coefficient (Wildman–Crippen LogP) is 2.94. The van der Waals surface area contributed by atoms with Gasteiger partial charge in [-0.1, -0.05) is 20.8 Å². The first-order chi connectivity index (χ1) is 12.5. The topological polar surface area (TPSA) is 101 Å². The van der Waals surface area contributed by atoms with Crippen molar-refractivity contribution >= 4 is 12.1 Å². The molecule has 0 bridgehead atoms. The molecular formula is C19H35N5O3. The second kappa shape index (κ2) is 10.2. The van der Waals surface area contributed by atoms with Gasteiger partial charge in [-0.3, -0.25) is 0 Å².